The first kappa shape index (κ1) is 8.23. The third kappa shape index (κ3) is 1.40. The van der Waals surface area contributed by atoms with Crippen LogP contribution in [0.25, 0.3) is 0 Å². The second-order valence-electron chi connectivity index (χ2n) is 3.30. The molecule has 1 aromatic heterocycles. The number of aryl methyl sites for hydroxylation is 1. The van der Waals surface area contributed by atoms with Crippen molar-refractivity contribution >= 4 is 11.3 Å². The lowest BCUT2D eigenvalue weighted by molar-refractivity contribution is 0.520. The number of thiophene rings is 1. The molecule has 1 unspecified atom stereocenters. The van der Waals surface area contributed by atoms with E-state index in [4.69, 9.17) is 5.84 Å². The number of nitrogens with two attached hydrogens (primary N) is 1. The van der Waals surface area contributed by atoms with Crippen molar-refractivity contribution in [2.45, 2.75) is 25.2 Å². The van der Waals surface area contributed by atoms with Crippen LogP contribution in [0.3, 0.4) is 0 Å². The van der Waals surface area contributed by atoms with Gasteiger partial charge >= 0.3 is 0 Å². The first-order chi connectivity index (χ1) is 5.92. The van der Waals surface area contributed by atoms with Crippen LogP contribution in [0.4, 0.5) is 0 Å². The van der Waals surface area contributed by atoms with Crippen LogP contribution < -0.4 is 11.3 Å². The molecule has 66 valence electrons. The number of nitrogens with one attached hydrogen (secondary N) is 1. The first-order valence-corrected chi connectivity index (χ1v) is 5.29. The van der Waals surface area contributed by atoms with Gasteiger partial charge in [0.05, 0.1) is 0 Å². The molecule has 3 N–H and O–H groups in total. The van der Waals surface area contributed by atoms with E-state index in [1.807, 2.05) is 11.3 Å². The Morgan fingerprint density at radius 3 is 3.42 bits per heavy atom. The highest BCUT2D eigenvalue weighted by Crippen LogP contribution is 2.34. The molecule has 1 atom stereocenters. The van der Waals surface area contributed by atoms with Crippen molar-refractivity contribution in [3.63, 3.8) is 0 Å². The number of hydrazine groups is 1. The summed E-state index contributed by atoms with van der Waals surface area (Å²) in [5.41, 5.74) is 4.30. The molecular weight excluding hydrogens is 168 g/mol. The monoisotopic (exact) mass is 182 g/mol. The van der Waals surface area contributed by atoms with Gasteiger partial charge in [0.15, 0.2) is 0 Å². The second-order valence-corrected chi connectivity index (χ2v) is 4.30. The summed E-state index contributed by atoms with van der Waals surface area (Å²) in [5.74, 6) is 6.00. The standard InChI is InChI=1S/C9H14N2S/c10-11-6-7-2-1-3-9-8(7)4-5-12-9/h4-5,7,11H,1-3,6,10H2. The van der Waals surface area contributed by atoms with Crippen molar-refractivity contribution in [1.29, 1.82) is 0 Å². The van der Waals surface area contributed by atoms with Crippen molar-refractivity contribution in [3.8, 4) is 0 Å². The van der Waals surface area contributed by atoms with Gasteiger partial charge in [-0.1, -0.05) is 0 Å². The Hall–Kier alpha value is -0.380. The van der Waals surface area contributed by atoms with Gasteiger partial charge in [0.25, 0.3) is 0 Å². The molecule has 0 saturated carbocycles. The maximum absolute atomic E-state index is 5.34. The highest BCUT2D eigenvalue weighted by molar-refractivity contribution is 7.10. The van der Waals surface area contributed by atoms with Gasteiger partial charge in [-0.15, -0.1) is 11.3 Å². The van der Waals surface area contributed by atoms with E-state index in [2.05, 4.69) is 16.9 Å². The zero-order chi connectivity index (χ0) is 8.39. The molecule has 0 fully saturated rings. The smallest absolute Gasteiger partial charge is 0.0167 e. The number of fused-ring (bicyclic) bond motifs is 1. The highest BCUT2D eigenvalue weighted by atomic mass is 32.1. The first-order valence-electron chi connectivity index (χ1n) is 4.41. The zero-order valence-corrected chi connectivity index (χ0v) is 7.86. The molecule has 0 aromatic carbocycles. The molecule has 2 rings (SSSR count). The quantitative estimate of drug-likeness (QED) is 0.539. The summed E-state index contributed by atoms with van der Waals surface area (Å²) in [6.07, 6.45) is 3.88. The van der Waals surface area contributed by atoms with Crippen molar-refractivity contribution < 1.29 is 0 Å². The molecule has 1 heterocycles. The predicted molar refractivity (Wildman–Crippen MR) is 52.2 cm³/mol. The molecule has 3 heteroatoms. The lowest BCUT2D eigenvalue weighted by atomic mass is 9.88. The largest absolute Gasteiger partial charge is 0.271 e. The Balaban J connectivity index is 2.19. The van der Waals surface area contributed by atoms with Crippen LogP contribution in [0, 0.1) is 0 Å². The Labute approximate surface area is 76.8 Å². The van der Waals surface area contributed by atoms with Crippen LogP contribution in [0.2, 0.25) is 0 Å². The molecule has 0 aliphatic heterocycles. The topological polar surface area (TPSA) is 38.0 Å². The average Bonchev–Trinajstić information content (AvgIpc) is 2.53. The summed E-state index contributed by atoms with van der Waals surface area (Å²) in [6.45, 7) is 0.920. The molecule has 0 spiro atoms. The maximum atomic E-state index is 5.34. The SMILES string of the molecule is NNCC1CCCc2sccc21. The average molecular weight is 182 g/mol. The van der Waals surface area contributed by atoms with Crippen LogP contribution in [-0.2, 0) is 6.42 Å². The van der Waals surface area contributed by atoms with Crippen LogP contribution >= 0.6 is 11.3 Å². The van der Waals surface area contributed by atoms with E-state index in [1.54, 1.807) is 4.88 Å². The molecule has 1 aromatic rings. The van der Waals surface area contributed by atoms with E-state index in [-0.39, 0.29) is 0 Å². The van der Waals surface area contributed by atoms with E-state index in [9.17, 15) is 0 Å². The predicted octanol–water partition coefficient (Wildman–Crippen LogP) is 1.63. The fourth-order valence-electron chi connectivity index (χ4n) is 1.94. The molecule has 12 heavy (non-hydrogen) atoms. The Kier molecular flexibility index (Phi) is 2.44. The Morgan fingerprint density at radius 1 is 1.67 bits per heavy atom. The third-order valence-electron chi connectivity index (χ3n) is 2.54. The Bertz CT molecular complexity index is 257. The molecule has 0 saturated heterocycles. The molecule has 1 aliphatic rings. The minimum absolute atomic E-state index is 0.657. The van der Waals surface area contributed by atoms with Crippen LogP contribution in [-0.4, -0.2) is 6.54 Å². The minimum atomic E-state index is 0.657. The van der Waals surface area contributed by atoms with Crippen LogP contribution in [0.1, 0.15) is 29.2 Å². The van der Waals surface area contributed by atoms with Gasteiger partial charge in [-0.3, -0.25) is 11.3 Å². The Morgan fingerprint density at radius 2 is 2.58 bits per heavy atom. The van der Waals surface area contributed by atoms with E-state index in [1.165, 1.54) is 24.8 Å². The molecular formula is C9H14N2S. The van der Waals surface area contributed by atoms with Gasteiger partial charge in [-0.25, -0.2) is 0 Å². The van der Waals surface area contributed by atoms with Gasteiger partial charge in [-0.2, -0.15) is 0 Å². The minimum Gasteiger partial charge on any atom is -0.271 e. The fraction of sp³-hybridized carbons (Fsp3) is 0.556. The van der Waals surface area contributed by atoms with E-state index < -0.39 is 0 Å². The summed E-state index contributed by atoms with van der Waals surface area (Å²) in [5, 5.41) is 2.19. The van der Waals surface area contributed by atoms with Gasteiger partial charge in [0.2, 0.25) is 0 Å². The summed E-state index contributed by atoms with van der Waals surface area (Å²) < 4.78 is 0. The molecule has 1 aliphatic carbocycles. The molecule has 2 nitrogen and oxygen atoms in total. The molecule has 0 amide bonds. The van der Waals surface area contributed by atoms with Crippen LogP contribution in [0.15, 0.2) is 11.4 Å². The van der Waals surface area contributed by atoms with E-state index in [0.717, 1.165) is 6.54 Å². The lowest BCUT2D eigenvalue weighted by Crippen LogP contribution is -2.29. The number of rotatable bonds is 2. The normalized spacial score (nSPS) is 22.2. The summed E-state index contributed by atoms with van der Waals surface area (Å²) in [6, 6.07) is 2.25. The third-order valence-corrected chi connectivity index (χ3v) is 3.54. The zero-order valence-electron chi connectivity index (χ0n) is 7.05. The van der Waals surface area contributed by atoms with Gasteiger partial charge < -0.3 is 0 Å². The van der Waals surface area contributed by atoms with Gasteiger partial charge in [0.1, 0.15) is 0 Å². The van der Waals surface area contributed by atoms with Crippen molar-refractivity contribution in [3.05, 3.63) is 21.9 Å². The highest BCUT2D eigenvalue weighted by Gasteiger charge is 2.19. The lowest BCUT2D eigenvalue weighted by Gasteiger charge is -2.21. The summed E-state index contributed by atoms with van der Waals surface area (Å²) >= 11 is 1.89. The van der Waals surface area contributed by atoms with Gasteiger partial charge in [0, 0.05) is 11.4 Å². The van der Waals surface area contributed by atoms with Crippen molar-refractivity contribution in [2.75, 3.05) is 6.54 Å². The summed E-state index contributed by atoms with van der Waals surface area (Å²) in [4.78, 5) is 1.57. The fourth-order valence-corrected chi connectivity index (χ4v) is 2.95. The summed E-state index contributed by atoms with van der Waals surface area (Å²) in [7, 11) is 0. The molecule has 0 radical (unpaired) electrons. The number of hydrogen-bond acceptors (Lipinski definition) is 3. The van der Waals surface area contributed by atoms with Crippen molar-refractivity contribution in [2.24, 2.45) is 5.84 Å². The van der Waals surface area contributed by atoms with E-state index in [0.29, 0.717) is 5.92 Å². The molecule has 0 bridgehead atoms. The van der Waals surface area contributed by atoms with Gasteiger partial charge in [-0.05, 0) is 42.2 Å². The van der Waals surface area contributed by atoms with E-state index >= 15 is 0 Å². The second kappa shape index (κ2) is 3.56. The maximum Gasteiger partial charge on any atom is 0.0167 e. The number of hydrogen-bond donors (Lipinski definition) is 2. The van der Waals surface area contributed by atoms with Crippen LogP contribution in [0.5, 0.6) is 0 Å². The van der Waals surface area contributed by atoms with Crippen molar-refractivity contribution in [1.82, 2.24) is 5.43 Å².